The van der Waals surface area contributed by atoms with Crippen LogP contribution < -0.4 is 5.46 Å². The lowest BCUT2D eigenvalue weighted by Gasteiger charge is -2.32. The number of nitrogens with zero attached hydrogens (tertiary/aromatic N) is 1. The minimum absolute atomic E-state index is 0.190. The summed E-state index contributed by atoms with van der Waals surface area (Å²) in [6.45, 7) is 7.63. The number of oxime groups is 1. The monoisotopic (exact) mass is 265 g/mol. The number of hydrogen-bond acceptors (Lipinski definition) is 4. The molecule has 102 valence electrons. The molecule has 0 radical (unpaired) electrons. The molecule has 1 saturated heterocycles. The summed E-state index contributed by atoms with van der Waals surface area (Å²) in [6, 6.07) is 4.79. The summed E-state index contributed by atoms with van der Waals surface area (Å²) in [4.78, 5) is 0. The summed E-state index contributed by atoms with van der Waals surface area (Å²) in [5, 5.41) is 11.4. The summed E-state index contributed by atoms with van der Waals surface area (Å²) in [6.07, 6.45) is 1.05. The van der Waals surface area contributed by atoms with Crippen molar-refractivity contribution in [2.24, 2.45) is 5.16 Å². The third-order valence-electron chi connectivity index (χ3n) is 3.76. The van der Waals surface area contributed by atoms with Gasteiger partial charge in [0.25, 0.3) is 0 Å². The molecule has 0 saturated carbocycles. The third kappa shape index (κ3) is 2.38. The molecule has 0 spiro atoms. The van der Waals surface area contributed by atoms with Crippen molar-refractivity contribution in [1.29, 1.82) is 0 Å². The molecule has 1 fully saturated rings. The Labute approximate surface area is 112 Å². The maximum absolute atomic E-state index is 14.3. The van der Waals surface area contributed by atoms with Crippen LogP contribution in [0, 0.1) is 5.82 Å². The number of halogens is 1. The van der Waals surface area contributed by atoms with Crippen LogP contribution in [0.5, 0.6) is 0 Å². The molecule has 1 aliphatic rings. The van der Waals surface area contributed by atoms with E-state index in [0.29, 0.717) is 5.46 Å². The Bertz CT molecular complexity index is 501. The maximum atomic E-state index is 14.3. The Morgan fingerprint density at radius 3 is 2.32 bits per heavy atom. The zero-order chi connectivity index (χ0) is 14.3. The molecular formula is C13H17BFNO3. The van der Waals surface area contributed by atoms with Crippen LogP contribution in [0.4, 0.5) is 4.39 Å². The van der Waals surface area contributed by atoms with Gasteiger partial charge in [0.15, 0.2) is 0 Å². The van der Waals surface area contributed by atoms with Crippen molar-refractivity contribution in [3.05, 3.63) is 29.6 Å². The Morgan fingerprint density at radius 1 is 1.21 bits per heavy atom. The van der Waals surface area contributed by atoms with E-state index in [-0.39, 0.29) is 5.56 Å². The minimum Gasteiger partial charge on any atom is -0.411 e. The molecule has 1 heterocycles. The molecule has 0 aliphatic carbocycles. The molecule has 1 aliphatic heterocycles. The van der Waals surface area contributed by atoms with E-state index in [1.165, 1.54) is 6.07 Å². The van der Waals surface area contributed by atoms with Gasteiger partial charge < -0.3 is 14.5 Å². The van der Waals surface area contributed by atoms with Gasteiger partial charge in [0, 0.05) is 11.0 Å². The first kappa shape index (κ1) is 14.0. The Hall–Kier alpha value is -1.40. The third-order valence-corrected chi connectivity index (χ3v) is 3.76. The van der Waals surface area contributed by atoms with Gasteiger partial charge in [-0.2, -0.15) is 0 Å². The van der Waals surface area contributed by atoms with E-state index in [0.717, 1.165) is 6.21 Å². The summed E-state index contributed by atoms with van der Waals surface area (Å²) < 4.78 is 25.8. The maximum Gasteiger partial charge on any atom is 0.497 e. The van der Waals surface area contributed by atoms with Crippen LogP contribution in [0.3, 0.4) is 0 Å². The van der Waals surface area contributed by atoms with E-state index in [4.69, 9.17) is 14.5 Å². The average molecular weight is 265 g/mol. The summed E-state index contributed by atoms with van der Waals surface area (Å²) in [5.41, 5.74) is -0.554. The first-order valence-electron chi connectivity index (χ1n) is 6.10. The van der Waals surface area contributed by atoms with E-state index in [2.05, 4.69) is 5.16 Å². The highest BCUT2D eigenvalue weighted by molar-refractivity contribution is 6.62. The van der Waals surface area contributed by atoms with Gasteiger partial charge in [-0.3, -0.25) is 0 Å². The van der Waals surface area contributed by atoms with Crippen LogP contribution >= 0.6 is 0 Å². The first-order valence-corrected chi connectivity index (χ1v) is 6.10. The molecule has 2 rings (SSSR count). The lowest BCUT2D eigenvalue weighted by molar-refractivity contribution is 0.00578. The highest BCUT2D eigenvalue weighted by Crippen LogP contribution is 2.36. The van der Waals surface area contributed by atoms with E-state index >= 15 is 0 Å². The molecule has 6 heteroatoms. The highest BCUT2D eigenvalue weighted by atomic mass is 19.1. The molecule has 0 bridgehead atoms. The largest absolute Gasteiger partial charge is 0.497 e. The molecule has 19 heavy (non-hydrogen) atoms. The molecule has 1 aromatic rings. The normalized spacial score (nSPS) is 21.2. The number of benzene rings is 1. The van der Waals surface area contributed by atoms with Crippen molar-refractivity contribution in [2.45, 2.75) is 38.9 Å². The van der Waals surface area contributed by atoms with Gasteiger partial charge in [-0.05, 0) is 27.7 Å². The molecule has 0 unspecified atom stereocenters. The molecular weight excluding hydrogens is 248 g/mol. The lowest BCUT2D eigenvalue weighted by atomic mass is 9.78. The van der Waals surface area contributed by atoms with Crippen molar-refractivity contribution >= 4 is 18.8 Å². The molecule has 0 aromatic heterocycles. The quantitative estimate of drug-likeness (QED) is 0.385. The second-order valence-corrected chi connectivity index (χ2v) is 5.58. The van der Waals surface area contributed by atoms with Crippen molar-refractivity contribution in [1.82, 2.24) is 0 Å². The summed E-state index contributed by atoms with van der Waals surface area (Å²) in [5.74, 6) is -0.501. The van der Waals surface area contributed by atoms with Gasteiger partial charge in [0.2, 0.25) is 0 Å². The van der Waals surface area contributed by atoms with Crippen molar-refractivity contribution in [3.8, 4) is 0 Å². The zero-order valence-corrected chi connectivity index (χ0v) is 11.5. The lowest BCUT2D eigenvalue weighted by Crippen LogP contribution is -2.41. The van der Waals surface area contributed by atoms with Crippen LogP contribution in [0.25, 0.3) is 0 Å². The molecule has 1 N–H and O–H groups in total. The van der Waals surface area contributed by atoms with Crippen LogP contribution in [0.2, 0.25) is 0 Å². The molecule has 0 amide bonds. The van der Waals surface area contributed by atoms with Crippen LogP contribution in [0.15, 0.2) is 23.4 Å². The topological polar surface area (TPSA) is 51.0 Å². The van der Waals surface area contributed by atoms with Gasteiger partial charge >= 0.3 is 7.12 Å². The molecule has 4 nitrogen and oxygen atoms in total. The Morgan fingerprint density at radius 2 is 1.79 bits per heavy atom. The van der Waals surface area contributed by atoms with Gasteiger partial charge in [-0.1, -0.05) is 23.4 Å². The summed E-state index contributed by atoms with van der Waals surface area (Å²) in [7, 11) is -0.767. The van der Waals surface area contributed by atoms with Gasteiger partial charge in [-0.25, -0.2) is 4.39 Å². The van der Waals surface area contributed by atoms with E-state index in [1.807, 2.05) is 27.7 Å². The van der Waals surface area contributed by atoms with Crippen LogP contribution in [-0.4, -0.2) is 29.7 Å². The molecule has 0 atom stereocenters. The number of hydrogen-bond donors (Lipinski definition) is 1. The Kier molecular flexibility index (Phi) is 3.41. The Balaban J connectivity index is 2.37. The van der Waals surface area contributed by atoms with Crippen molar-refractivity contribution < 1.29 is 18.9 Å². The fourth-order valence-electron chi connectivity index (χ4n) is 1.88. The smallest absolute Gasteiger partial charge is 0.411 e. The molecule has 1 aromatic carbocycles. The highest BCUT2D eigenvalue weighted by Gasteiger charge is 2.52. The van der Waals surface area contributed by atoms with Gasteiger partial charge in [0.05, 0.1) is 17.4 Å². The predicted octanol–water partition coefficient (Wildman–Crippen LogP) is 1.93. The van der Waals surface area contributed by atoms with Crippen molar-refractivity contribution in [3.63, 3.8) is 0 Å². The fourth-order valence-corrected chi connectivity index (χ4v) is 1.88. The fraction of sp³-hybridized carbons (Fsp3) is 0.462. The van der Waals surface area contributed by atoms with Crippen molar-refractivity contribution in [2.75, 3.05) is 0 Å². The SMILES string of the molecule is CC1(C)OB(c2cccc(/C=N/O)c2F)OC1(C)C. The second-order valence-electron chi connectivity index (χ2n) is 5.58. The second kappa shape index (κ2) is 4.61. The standard InChI is InChI=1S/C13H17BFNO3/c1-12(2)13(3,4)19-14(18-12)10-7-5-6-9(8-16-17)11(10)15/h5-8,17H,1-4H3/b16-8+. The van der Waals surface area contributed by atoms with Gasteiger partial charge in [0.1, 0.15) is 5.82 Å². The summed E-state index contributed by atoms with van der Waals surface area (Å²) >= 11 is 0. The average Bonchev–Trinajstić information content (AvgIpc) is 2.51. The van der Waals surface area contributed by atoms with E-state index < -0.39 is 24.1 Å². The predicted molar refractivity (Wildman–Crippen MR) is 71.5 cm³/mol. The van der Waals surface area contributed by atoms with E-state index in [1.54, 1.807) is 12.1 Å². The number of rotatable bonds is 2. The zero-order valence-electron chi connectivity index (χ0n) is 11.5. The van der Waals surface area contributed by atoms with Crippen LogP contribution in [-0.2, 0) is 9.31 Å². The van der Waals surface area contributed by atoms with E-state index in [9.17, 15) is 4.39 Å². The van der Waals surface area contributed by atoms with Gasteiger partial charge in [-0.15, -0.1) is 0 Å². The minimum atomic E-state index is -0.767. The first-order chi connectivity index (χ1) is 8.78. The van der Waals surface area contributed by atoms with Crippen LogP contribution in [0.1, 0.15) is 33.3 Å².